The minimum absolute atomic E-state index is 0.0600. The van der Waals surface area contributed by atoms with Crippen LogP contribution in [0, 0.1) is 0 Å². The lowest BCUT2D eigenvalue weighted by Gasteiger charge is -2.04. The van der Waals surface area contributed by atoms with Crippen molar-refractivity contribution >= 4 is 39.9 Å². The van der Waals surface area contributed by atoms with Crippen molar-refractivity contribution in [3.63, 3.8) is 0 Å². The lowest BCUT2D eigenvalue weighted by molar-refractivity contribution is -0.119. The van der Waals surface area contributed by atoms with Crippen LogP contribution in [-0.4, -0.2) is 21.9 Å². The van der Waals surface area contributed by atoms with Gasteiger partial charge >= 0.3 is 0 Å². The van der Waals surface area contributed by atoms with Crippen LogP contribution in [-0.2, 0) is 11.3 Å². The van der Waals surface area contributed by atoms with E-state index in [0.717, 1.165) is 0 Å². The number of phenolic OH excluding ortho intramolecular Hbond substituents is 1. The number of benzene rings is 1. The van der Waals surface area contributed by atoms with Crippen molar-refractivity contribution < 1.29 is 19.1 Å². The Morgan fingerprint density at radius 2 is 2.12 bits per heavy atom. The van der Waals surface area contributed by atoms with E-state index >= 15 is 0 Å². The number of aromatic nitrogens is 1. The highest BCUT2D eigenvalue weighted by atomic mass is 35.5. The quantitative estimate of drug-likeness (QED) is 0.615. The molecular formula is C17H14ClN3O4S. The standard InChI is InChI=1S/C17H14ClN3O4S/c1-9(22)19-7-11-3-5-15(25-11)13-8-26-17(20-13)21-16(24)12-6-10(18)2-4-14(12)23/h2-6,8,23H,7H2,1H3,(H,19,22)(H,20,21,24). The second-order valence-corrected chi connectivity index (χ2v) is 6.62. The summed E-state index contributed by atoms with van der Waals surface area (Å²) in [4.78, 5) is 27.5. The molecule has 7 nitrogen and oxygen atoms in total. The summed E-state index contributed by atoms with van der Waals surface area (Å²) in [6.07, 6.45) is 0. The number of aromatic hydroxyl groups is 1. The number of furan rings is 1. The van der Waals surface area contributed by atoms with Gasteiger partial charge in [0.25, 0.3) is 5.91 Å². The van der Waals surface area contributed by atoms with Gasteiger partial charge in [0.15, 0.2) is 10.9 Å². The van der Waals surface area contributed by atoms with Crippen molar-refractivity contribution in [3.05, 3.63) is 52.1 Å². The second kappa shape index (κ2) is 7.59. The maximum atomic E-state index is 12.3. The molecule has 0 saturated carbocycles. The van der Waals surface area contributed by atoms with E-state index in [1.54, 1.807) is 17.5 Å². The average molecular weight is 392 g/mol. The summed E-state index contributed by atoms with van der Waals surface area (Å²) in [5, 5.41) is 17.5. The highest BCUT2D eigenvalue weighted by Crippen LogP contribution is 2.28. The van der Waals surface area contributed by atoms with Gasteiger partial charge in [-0.15, -0.1) is 11.3 Å². The first-order valence-electron chi connectivity index (χ1n) is 7.51. The van der Waals surface area contributed by atoms with E-state index in [1.807, 2.05) is 0 Å². The second-order valence-electron chi connectivity index (χ2n) is 5.33. The number of hydrogen-bond donors (Lipinski definition) is 3. The first-order chi connectivity index (χ1) is 12.4. The van der Waals surface area contributed by atoms with Crippen molar-refractivity contribution in [1.82, 2.24) is 10.3 Å². The Kier molecular flexibility index (Phi) is 5.24. The van der Waals surface area contributed by atoms with Gasteiger partial charge in [-0.1, -0.05) is 11.6 Å². The van der Waals surface area contributed by atoms with Gasteiger partial charge in [-0.3, -0.25) is 14.9 Å². The number of phenols is 1. The topological polar surface area (TPSA) is 104 Å². The molecule has 0 saturated heterocycles. The molecule has 2 amide bonds. The molecule has 2 heterocycles. The maximum Gasteiger partial charge on any atom is 0.261 e. The third-order valence-corrected chi connectivity index (χ3v) is 4.35. The van der Waals surface area contributed by atoms with Gasteiger partial charge in [-0.2, -0.15) is 0 Å². The molecule has 0 aliphatic heterocycles. The fourth-order valence-corrected chi connectivity index (χ4v) is 2.99. The zero-order valence-corrected chi connectivity index (χ0v) is 15.1. The minimum atomic E-state index is -0.517. The fourth-order valence-electron chi connectivity index (χ4n) is 2.12. The Morgan fingerprint density at radius 3 is 2.88 bits per heavy atom. The molecule has 0 aliphatic carbocycles. The molecule has 0 aliphatic rings. The van der Waals surface area contributed by atoms with Crippen molar-refractivity contribution in [1.29, 1.82) is 0 Å². The predicted octanol–water partition coefficient (Wildman–Crippen LogP) is 3.65. The number of thiazole rings is 1. The van der Waals surface area contributed by atoms with Crippen LogP contribution in [0.15, 0.2) is 40.1 Å². The van der Waals surface area contributed by atoms with E-state index in [9.17, 15) is 14.7 Å². The van der Waals surface area contributed by atoms with Gasteiger partial charge in [0.1, 0.15) is 17.2 Å². The smallest absolute Gasteiger partial charge is 0.261 e. The highest BCUT2D eigenvalue weighted by molar-refractivity contribution is 7.14. The molecule has 0 fully saturated rings. The SMILES string of the molecule is CC(=O)NCc1ccc(-c2csc(NC(=O)c3cc(Cl)ccc3O)n2)o1. The zero-order valence-electron chi connectivity index (χ0n) is 13.6. The first kappa shape index (κ1) is 18.0. The molecule has 1 aromatic carbocycles. The van der Waals surface area contributed by atoms with Crippen molar-refractivity contribution in [2.75, 3.05) is 5.32 Å². The number of carbonyl (C=O) groups excluding carboxylic acids is 2. The molecule has 0 radical (unpaired) electrons. The molecule has 0 spiro atoms. The molecule has 3 N–H and O–H groups in total. The number of nitrogens with zero attached hydrogens (tertiary/aromatic N) is 1. The third kappa shape index (κ3) is 4.22. The summed E-state index contributed by atoms with van der Waals surface area (Å²) in [5.74, 6) is 0.283. The van der Waals surface area contributed by atoms with Gasteiger partial charge in [0.05, 0.1) is 12.1 Å². The van der Waals surface area contributed by atoms with Crippen LogP contribution in [0.25, 0.3) is 11.5 Å². The number of rotatable bonds is 5. The molecule has 0 atom stereocenters. The molecule has 26 heavy (non-hydrogen) atoms. The van der Waals surface area contributed by atoms with Crippen molar-refractivity contribution in [3.8, 4) is 17.2 Å². The molecule has 2 aromatic heterocycles. The normalized spacial score (nSPS) is 10.5. The van der Waals surface area contributed by atoms with Gasteiger partial charge < -0.3 is 14.8 Å². The van der Waals surface area contributed by atoms with E-state index in [1.165, 1.54) is 36.5 Å². The Morgan fingerprint density at radius 1 is 1.31 bits per heavy atom. The molecule has 134 valence electrons. The Hall–Kier alpha value is -2.84. The van der Waals surface area contributed by atoms with Crippen LogP contribution >= 0.6 is 22.9 Å². The predicted molar refractivity (Wildman–Crippen MR) is 98.4 cm³/mol. The van der Waals surface area contributed by atoms with Gasteiger partial charge in [0.2, 0.25) is 5.91 Å². The zero-order chi connectivity index (χ0) is 18.7. The lowest BCUT2D eigenvalue weighted by atomic mass is 10.2. The van der Waals surface area contributed by atoms with E-state index in [2.05, 4.69) is 15.6 Å². The van der Waals surface area contributed by atoms with E-state index in [4.69, 9.17) is 16.0 Å². The van der Waals surface area contributed by atoms with Crippen LogP contribution in [0.2, 0.25) is 5.02 Å². The van der Waals surface area contributed by atoms with Gasteiger partial charge in [-0.05, 0) is 30.3 Å². The number of halogens is 1. The number of carbonyl (C=O) groups is 2. The molecule has 0 unspecified atom stereocenters. The number of anilines is 1. The van der Waals surface area contributed by atoms with Crippen LogP contribution in [0.5, 0.6) is 5.75 Å². The molecular weight excluding hydrogens is 378 g/mol. The number of amides is 2. The third-order valence-electron chi connectivity index (χ3n) is 3.35. The Balaban J connectivity index is 1.71. The van der Waals surface area contributed by atoms with Crippen LogP contribution in [0.1, 0.15) is 23.0 Å². The summed E-state index contributed by atoms with van der Waals surface area (Å²) < 4.78 is 5.62. The molecule has 0 bridgehead atoms. The number of nitrogens with one attached hydrogen (secondary N) is 2. The monoisotopic (exact) mass is 391 g/mol. The van der Waals surface area contributed by atoms with E-state index < -0.39 is 5.91 Å². The Labute approximate surface area is 157 Å². The maximum absolute atomic E-state index is 12.3. The Bertz CT molecular complexity index is 967. The summed E-state index contributed by atoms with van der Waals surface area (Å²) in [6, 6.07) is 7.70. The largest absolute Gasteiger partial charge is 0.507 e. The molecule has 3 rings (SSSR count). The van der Waals surface area contributed by atoms with Crippen LogP contribution < -0.4 is 10.6 Å². The summed E-state index contributed by atoms with van der Waals surface area (Å²) in [7, 11) is 0. The average Bonchev–Trinajstić information content (AvgIpc) is 3.24. The number of hydrogen-bond acceptors (Lipinski definition) is 6. The van der Waals surface area contributed by atoms with Gasteiger partial charge in [-0.25, -0.2) is 4.98 Å². The fraction of sp³-hybridized carbons (Fsp3) is 0.118. The summed E-state index contributed by atoms with van der Waals surface area (Å²) in [5.41, 5.74) is 0.611. The van der Waals surface area contributed by atoms with Crippen LogP contribution in [0.3, 0.4) is 0 Å². The lowest BCUT2D eigenvalue weighted by Crippen LogP contribution is -2.18. The van der Waals surface area contributed by atoms with E-state index in [-0.39, 0.29) is 23.8 Å². The van der Waals surface area contributed by atoms with E-state index in [0.29, 0.717) is 27.4 Å². The molecule has 3 aromatic rings. The summed E-state index contributed by atoms with van der Waals surface area (Å²) in [6.45, 7) is 1.72. The minimum Gasteiger partial charge on any atom is -0.507 e. The van der Waals surface area contributed by atoms with Crippen molar-refractivity contribution in [2.45, 2.75) is 13.5 Å². The summed E-state index contributed by atoms with van der Waals surface area (Å²) >= 11 is 7.07. The highest BCUT2D eigenvalue weighted by Gasteiger charge is 2.15. The first-order valence-corrected chi connectivity index (χ1v) is 8.77. The van der Waals surface area contributed by atoms with Crippen LogP contribution in [0.4, 0.5) is 5.13 Å². The molecule has 9 heteroatoms. The van der Waals surface area contributed by atoms with Gasteiger partial charge in [0, 0.05) is 17.3 Å². The van der Waals surface area contributed by atoms with Crippen molar-refractivity contribution in [2.24, 2.45) is 0 Å².